The number of carbonyl (C=O) groups is 2. The Kier molecular flexibility index (Phi) is 7.06. The molecule has 1 aromatic carbocycles. The lowest BCUT2D eigenvalue weighted by Gasteiger charge is -2.23. The van der Waals surface area contributed by atoms with Gasteiger partial charge >= 0.3 is 18.0 Å². The maximum atomic E-state index is 13.3. The molecule has 2 aliphatic rings. The fourth-order valence-corrected chi connectivity index (χ4v) is 3.61. The van der Waals surface area contributed by atoms with E-state index in [4.69, 9.17) is 13.9 Å². The Labute approximate surface area is 175 Å². The molecular formula is C23H25NO6. The van der Waals surface area contributed by atoms with Gasteiger partial charge in [-0.15, -0.1) is 0 Å². The highest BCUT2D eigenvalue weighted by atomic mass is 16.6. The van der Waals surface area contributed by atoms with Gasteiger partial charge in [0.25, 0.3) is 0 Å². The van der Waals surface area contributed by atoms with Crippen LogP contribution in [0.4, 0.5) is 0 Å². The molecule has 0 N–H and O–H groups in total. The third-order valence-corrected chi connectivity index (χ3v) is 4.88. The number of amides is 1. The molecule has 0 aromatic heterocycles. The zero-order valence-electron chi connectivity index (χ0n) is 17.1. The standard InChI is InChI=1S/C23H25NO6/c1-3-28-22(26)20(23(27)29-4-2)19-17(13-18-11-8-12-30-18)15-24(21(19)25)14-16-9-6-5-7-10-16/h5-13,17,19H,3-4,14-15H2,1-2H3/b18-13-/t17-,19-/m0/s1. The van der Waals surface area contributed by atoms with E-state index in [9.17, 15) is 14.7 Å². The Bertz CT molecular complexity index is 886. The molecule has 0 saturated carbocycles. The second kappa shape index (κ2) is 9.91. The maximum Gasteiger partial charge on any atom is 0.349 e. The zero-order valence-corrected chi connectivity index (χ0v) is 17.1. The number of rotatable bonds is 8. The molecule has 1 fully saturated rings. The summed E-state index contributed by atoms with van der Waals surface area (Å²) in [5.74, 6) is -2.86. The van der Waals surface area contributed by atoms with E-state index < -0.39 is 23.8 Å². The normalized spacial score (nSPS) is 22.5. The van der Waals surface area contributed by atoms with E-state index in [0.29, 0.717) is 18.8 Å². The molecule has 0 aliphatic carbocycles. The van der Waals surface area contributed by atoms with Gasteiger partial charge in [-0.05, 0) is 19.1 Å². The van der Waals surface area contributed by atoms with Gasteiger partial charge in [0.05, 0.1) is 30.1 Å². The number of hydrogen-bond acceptors (Lipinski definition) is 5. The molecule has 0 radical (unpaired) electrons. The SMILES string of the molecule is CCOC(=O)/C(=C(/[O-])OCC)[C@H]1C(=O)N(Cc2ccccc2)C[C@@H]1/C=C1/C=CC=[O+]1. The average molecular weight is 411 g/mol. The Hall–Kier alpha value is -3.35. The molecule has 1 amide bonds. The smallest absolute Gasteiger partial charge is 0.349 e. The first kappa shape index (κ1) is 21.4. The average Bonchev–Trinajstić information content (AvgIpc) is 3.34. The monoisotopic (exact) mass is 411 g/mol. The maximum absolute atomic E-state index is 13.3. The summed E-state index contributed by atoms with van der Waals surface area (Å²) in [5, 5.41) is 12.6. The van der Waals surface area contributed by atoms with Crippen molar-refractivity contribution in [1.82, 2.24) is 4.90 Å². The highest BCUT2D eigenvalue weighted by Crippen LogP contribution is 2.35. The summed E-state index contributed by atoms with van der Waals surface area (Å²) in [4.78, 5) is 27.6. The summed E-state index contributed by atoms with van der Waals surface area (Å²) in [6.07, 6.45) is 6.79. The summed E-state index contributed by atoms with van der Waals surface area (Å²) in [5.41, 5.74) is 0.684. The minimum atomic E-state index is -1.00. The van der Waals surface area contributed by atoms with Crippen molar-refractivity contribution in [3.63, 3.8) is 0 Å². The van der Waals surface area contributed by atoms with Crippen molar-refractivity contribution in [2.75, 3.05) is 19.8 Å². The van der Waals surface area contributed by atoms with Crippen LogP contribution in [0.1, 0.15) is 19.4 Å². The zero-order chi connectivity index (χ0) is 21.5. The highest BCUT2D eigenvalue weighted by molar-refractivity contribution is 5.98. The van der Waals surface area contributed by atoms with Gasteiger partial charge in [0.2, 0.25) is 5.91 Å². The van der Waals surface area contributed by atoms with E-state index in [2.05, 4.69) is 0 Å². The summed E-state index contributed by atoms with van der Waals surface area (Å²) < 4.78 is 15.6. The second-order valence-electron chi connectivity index (χ2n) is 6.88. The first-order chi connectivity index (χ1) is 14.5. The van der Waals surface area contributed by atoms with E-state index in [0.717, 1.165) is 5.56 Å². The Morgan fingerprint density at radius 2 is 1.97 bits per heavy atom. The molecule has 3 rings (SSSR count). The third-order valence-electron chi connectivity index (χ3n) is 4.88. The summed E-state index contributed by atoms with van der Waals surface area (Å²) >= 11 is 0. The third kappa shape index (κ3) is 4.79. The van der Waals surface area contributed by atoms with Crippen molar-refractivity contribution in [3.8, 4) is 0 Å². The Morgan fingerprint density at radius 3 is 2.60 bits per heavy atom. The minimum Gasteiger partial charge on any atom is -0.613 e. The van der Waals surface area contributed by atoms with Gasteiger partial charge in [0.15, 0.2) is 0 Å². The van der Waals surface area contributed by atoms with E-state index >= 15 is 0 Å². The van der Waals surface area contributed by atoms with Crippen molar-refractivity contribution in [2.24, 2.45) is 11.8 Å². The molecule has 30 heavy (non-hydrogen) atoms. The number of benzene rings is 1. The Balaban J connectivity index is 1.99. The molecule has 158 valence electrons. The van der Waals surface area contributed by atoms with Crippen LogP contribution in [0, 0.1) is 11.8 Å². The van der Waals surface area contributed by atoms with Crippen LogP contribution in [0.2, 0.25) is 0 Å². The van der Waals surface area contributed by atoms with Crippen molar-refractivity contribution >= 4 is 18.2 Å². The number of hydrogen-bond donors (Lipinski definition) is 0. The van der Waals surface area contributed by atoms with Gasteiger partial charge in [-0.1, -0.05) is 37.3 Å². The van der Waals surface area contributed by atoms with E-state index in [1.54, 1.807) is 37.0 Å². The van der Waals surface area contributed by atoms with Crippen LogP contribution in [0.25, 0.3) is 0 Å². The predicted molar refractivity (Wildman–Crippen MR) is 107 cm³/mol. The van der Waals surface area contributed by atoms with Gasteiger partial charge in [0.1, 0.15) is 0 Å². The van der Waals surface area contributed by atoms with Gasteiger partial charge in [-0.2, -0.15) is 0 Å². The van der Waals surface area contributed by atoms with Crippen LogP contribution in [-0.4, -0.2) is 42.8 Å². The number of esters is 1. The van der Waals surface area contributed by atoms with Crippen LogP contribution >= 0.6 is 0 Å². The van der Waals surface area contributed by atoms with Crippen molar-refractivity contribution in [1.29, 1.82) is 0 Å². The topological polar surface area (TPSA) is 90.2 Å². The molecule has 1 aromatic rings. The number of carbonyl (C=O) groups excluding carboxylic acids is 3. The van der Waals surface area contributed by atoms with Crippen LogP contribution < -0.4 is 5.11 Å². The lowest BCUT2D eigenvalue weighted by Crippen LogP contribution is -2.32. The van der Waals surface area contributed by atoms with Crippen molar-refractivity contribution in [2.45, 2.75) is 20.4 Å². The van der Waals surface area contributed by atoms with Crippen LogP contribution in [0.15, 0.2) is 65.8 Å². The quantitative estimate of drug-likeness (QED) is 0.213. The number of allylic oxidation sites excluding steroid dienone is 2. The van der Waals surface area contributed by atoms with Gasteiger partial charge in [0, 0.05) is 31.2 Å². The molecular weight excluding hydrogens is 386 g/mol. The largest absolute Gasteiger partial charge is 0.613 e. The molecule has 7 heteroatoms. The lowest BCUT2D eigenvalue weighted by molar-refractivity contribution is -0.381. The van der Waals surface area contributed by atoms with Gasteiger partial charge in [-0.3, -0.25) is 4.79 Å². The van der Waals surface area contributed by atoms with Gasteiger partial charge < -0.3 is 19.5 Å². The number of aldehydes is 1. The molecule has 1 saturated heterocycles. The molecule has 0 bridgehead atoms. The summed E-state index contributed by atoms with van der Waals surface area (Å²) in [7, 11) is 0. The lowest BCUT2D eigenvalue weighted by atomic mass is 9.87. The van der Waals surface area contributed by atoms with Gasteiger partial charge in [-0.25, -0.2) is 9.22 Å². The summed E-state index contributed by atoms with van der Waals surface area (Å²) in [6.45, 7) is 4.17. The molecule has 0 spiro atoms. The fourth-order valence-electron chi connectivity index (χ4n) is 3.61. The summed E-state index contributed by atoms with van der Waals surface area (Å²) in [6, 6.07) is 9.54. The van der Waals surface area contributed by atoms with E-state index in [1.807, 2.05) is 30.3 Å². The molecule has 0 unspecified atom stereocenters. The number of nitrogens with zero attached hydrogens (tertiary/aromatic N) is 1. The van der Waals surface area contributed by atoms with E-state index in [1.165, 1.54) is 6.29 Å². The first-order valence-corrected chi connectivity index (χ1v) is 9.97. The van der Waals surface area contributed by atoms with Crippen LogP contribution in [0.3, 0.4) is 0 Å². The Morgan fingerprint density at radius 1 is 1.23 bits per heavy atom. The molecule has 2 heterocycles. The van der Waals surface area contributed by atoms with Crippen molar-refractivity contribution < 1.29 is 28.6 Å². The second-order valence-corrected chi connectivity index (χ2v) is 6.88. The van der Waals surface area contributed by atoms with E-state index in [-0.39, 0.29) is 24.7 Å². The number of ether oxygens (including phenoxy) is 2. The molecule has 7 nitrogen and oxygen atoms in total. The van der Waals surface area contributed by atoms with Crippen molar-refractivity contribution in [3.05, 3.63) is 71.4 Å². The van der Waals surface area contributed by atoms with Crippen LogP contribution in [-0.2, 0) is 30.0 Å². The highest BCUT2D eigenvalue weighted by Gasteiger charge is 2.45. The number of likely N-dealkylation sites (tertiary alicyclic amines) is 1. The predicted octanol–water partition coefficient (Wildman–Crippen LogP) is 1.62. The van der Waals surface area contributed by atoms with Crippen LogP contribution in [0.5, 0.6) is 0 Å². The molecule has 2 aliphatic heterocycles. The first-order valence-electron chi connectivity index (χ1n) is 9.97. The fraction of sp³-hybridized carbons (Fsp3) is 0.348. The molecule has 2 atom stereocenters. The minimum absolute atomic E-state index is 0.0863.